The first-order valence-corrected chi connectivity index (χ1v) is 7.36. The summed E-state index contributed by atoms with van der Waals surface area (Å²) in [5, 5.41) is 3.39. The van der Waals surface area contributed by atoms with E-state index in [0.717, 1.165) is 51.5 Å². The maximum absolute atomic E-state index is 10.6. The van der Waals surface area contributed by atoms with Crippen LogP contribution >= 0.6 is 0 Å². The van der Waals surface area contributed by atoms with E-state index in [2.05, 4.69) is 5.32 Å². The second kappa shape index (κ2) is 7.74. The van der Waals surface area contributed by atoms with Crippen molar-refractivity contribution in [1.82, 2.24) is 10.2 Å². The predicted molar refractivity (Wildman–Crippen MR) is 71.4 cm³/mol. The number of nitrogens with one attached hydrogen (secondary N) is 1. The van der Waals surface area contributed by atoms with Crippen LogP contribution in [0.3, 0.4) is 0 Å². The van der Waals surface area contributed by atoms with Crippen molar-refractivity contribution in [2.45, 2.75) is 32.1 Å². The van der Waals surface area contributed by atoms with Crippen LogP contribution in [0.5, 0.6) is 0 Å². The first kappa shape index (κ1) is 13.8. The minimum Gasteiger partial charge on any atom is -0.381 e. The standard InChI is InChI=1S/C14H26N2O2/c17-12-16-8-3-14(4-9-16)11-18-10-5-13-1-6-15-7-2-13/h12-15H,1-11H2. The molecule has 2 heterocycles. The minimum absolute atomic E-state index is 0.661. The number of carbonyl (C=O) groups excluding carboxylic acids is 1. The number of piperidine rings is 2. The second-order valence-corrected chi connectivity index (χ2v) is 5.64. The van der Waals surface area contributed by atoms with Gasteiger partial charge in [0.2, 0.25) is 6.41 Å². The van der Waals surface area contributed by atoms with E-state index in [-0.39, 0.29) is 0 Å². The fourth-order valence-electron chi connectivity index (χ4n) is 2.90. The number of ether oxygens (including phenoxy) is 1. The Bertz CT molecular complexity index is 234. The monoisotopic (exact) mass is 254 g/mol. The molecule has 0 aliphatic carbocycles. The maximum Gasteiger partial charge on any atom is 0.209 e. The van der Waals surface area contributed by atoms with Crippen LogP contribution in [0.25, 0.3) is 0 Å². The van der Waals surface area contributed by atoms with Gasteiger partial charge in [-0.3, -0.25) is 4.79 Å². The van der Waals surface area contributed by atoms with E-state index in [0.29, 0.717) is 5.92 Å². The van der Waals surface area contributed by atoms with Crippen molar-refractivity contribution in [3.05, 3.63) is 0 Å². The number of amides is 1. The van der Waals surface area contributed by atoms with Gasteiger partial charge < -0.3 is 15.0 Å². The zero-order valence-electron chi connectivity index (χ0n) is 11.3. The third kappa shape index (κ3) is 4.58. The molecule has 1 N–H and O–H groups in total. The van der Waals surface area contributed by atoms with E-state index in [4.69, 9.17) is 4.74 Å². The highest BCUT2D eigenvalue weighted by Crippen LogP contribution is 2.18. The van der Waals surface area contributed by atoms with Crippen LogP contribution in [0.15, 0.2) is 0 Å². The highest BCUT2D eigenvalue weighted by atomic mass is 16.5. The number of nitrogens with zero attached hydrogens (tertiary/aromatic N) is 1. The Hall–Kier alpha value is -0.610. The Morgan fingerprint density at radius 2 is 1.83 bits per heavy atom. The van der Waals surface area contributed by atoms with Crippen molar-refractivity contribution >= 4 is 6.41 Å². The van der Waals surface area contributed by atoms with Gasteiger partial charge in [0.05, 0.1) is 0 Å². The second-order valence-electron chi connectivity index (χ2n) is 5.64. The van der Waals surface area contributed by atoms with Gasteiger partial charge in [-0.05, 0) is 57.0 Å². The Morgan fingerprint density at radius 1 is 1.11 bits per heavy atom. The lowest BCUT2D eigenvalue weighted by Crippen LogP contribution is -2.34. The molecular weight excluding hydrogens is 228 g/mol. The third-order valence-corrected chi connectivity index (χ3v) is 4.28. The van der Waals surface area contributed by atoms with E-state index in [1.807, 2.05) is 4.90 Å². The van der Waals surface area contributed by atoms with Crippen molar-refractivity contribution in [3.63, 3.8) is 0 Å². The molecule has 104 valence electrons. The molecule has 2 saturated heterocycles. The Labute approximate surface area is 110 Å². The van der Waals surface area contributed by atoms with Crippen LogP contribution in [-0.2, 0) is 9.53 Å². The zero-order chi connectivity index (χ0) is 12.6. The number of likely N-dealkylation sites (tertiary alicyclic amines) is 1. The van der Waals surface area contributed by atoms with Crippen LogP contribution in [0.1, 0.15) is 32.1 Å². The average molecular weight is 254 g/mol. The minimum atomic E-state index is 0.661. The summed E-state index contributed by atoms with van der Waals surface area (Å²) in [7, 11) is 0. The molecule has 0 unspecified atom stereocenters. The van der Waals surface area contributed by atoms with Gasteiger partial charge in [-0.1, -0.05) is 0 Å². The topological polar surface area (TPSA) is 41.6 Å². The Morgan fingerprint density at radius 3 is 2.50 bits per heavy atom. The van der Waals surface area contributed by atoms with Gasteiger partial charge in [-0.2, -0.15) is 0 Å². The zero-order valence-corrected chi connectivity index (χ0v) is 11.3. The first-order valence-electron chi connectivity index (χ1n) is 7.36. The molecule has 0 atom stereocenters. The van der Waals surface area contributed by atoms with Crippen molar-refractivity contribution in [2.75, 3.05) is 39.4 Å². The van der Waals surface area contributed by atoms with Gasteiger partial charge in [-0.15, -0.1) is 0 Å². The van der Waals surface area contributed by atoms with Crippen LogP contribution < -0.4 is 5.32 Å². The van der Waals surface area contributed by atoms with Crippen LogP contribution in [0.2, 0.25) is 0 Å². The summed E-state index contributed by atoms with van der Waals surface area (Å²) in [6.07, 6.45) is 7.00. The molecule has 0 aromatic rings. The number of hydrogen-bond acceptors (Lipinski definition) is 3. The van der Waals surface area contributed by atoms with Crippen LogP contribution in [0.4, 0.5) is 0 Å². The smallest absolute Gasteiger partial charge is 0.209 e. The van der Waals surface area contributed by atoms with Crippen LogP contribution in [-0.4, -0.2) is 50.7 Å². The molecule has 2 aliphatic heterocycles. The van der Waals surface area contributed by atoms with E-state index < -0.39 is 0 Å². The summed E-state index contributed by atoms with van der Waals surface area (Å²) in [6, 6.07) is 0. The molecule has 0 saturated carbocycles. The molecule has 4 heteroatoms. The summed E-state index contributed by atoms with van der Waals surface area (Å²) < 4.78 is 5.82. The molecule has 2 rings (SSSR count). The summed E-state index contributed by atoms with van der Waals surface area (Å²) in [5.74, 6) is 1.53. The molecule has 0 spiro atoms. The molecule has 0 aromatic carbocycles. The summed E-state index contributed by atoms with van der Waals surface area (Å²) in [6.45, 7) is 5.97. The van der Waals surface area contributed by atoms with Crippen molar-refractivity contribution < 1.29 is 9.53 Å². The van der Waals surface area contributed by atoms with Crippen molar-refractivity contribution in [2.24, 2.45) is 11.8 Å². The van der Waals surface area contributed by atoms with Gasteiger partial charge in [0.15, 0.2) is 0 Å². The first-order chi connectivity index (χ1) is 8.88. The lowest BCUT2D eigenvalue weighted by molar-refractivity contribution is -0.119. The Kier molecular flexibility index (Phi) is 5.94. The van der Waals surface area contributed by atoms with Gasteiger partial charge in [0.25, 0.3) is 0 Å². The van der Waals surface area contributed by atoms with E-state index in [9.17, 15) is 4.79 Å². The van der Waals surface area contributed by atoms with Gasteiger partial charge in [0, 0.05) is 26.3 Å². The van der Waals surface area contributed by atoms with Gasteiger partial charge >= 0.3 is 0 Å². The molecular formula is C14H26N2O2. The largest absolute Gasteiger partial charge is 0.381 e. The normalized spacial score (nSPS) is 23.2. The van der Waals surface area contributed by atoms with E-state index >= 15 is 0 Å². The van der Waals surface area contributed by atoms with Crippen LogP contribution in [0, 0.1) is 11.8 Å². The van der Waals surface area contributed by atoms with Crippen molar-refractivity contribution in [1.29, 1.82) is 0 Å². The highest BCUT2D eigenvalue weighted by Gasteiger charge is 2.18. The van der Waals surface area contributed by atoms with Gasteiger partial charge in [0.1, 0.15) is 0 Å². The molecule has 0 bridgehead atoms. The fourth-order valence-corrected chi connectivity index (χ4v) is 2.90. The lowest BCUT2D eigenvalue weighted by Gasteiger charge is -2.29. The Balaban J connectivity index is 1.49. The number of hydrogen-bond donors (Lipinski definition) is 1. The quantitative estimate of drug-likeness (QED) is 0.573. The molecule has 0 radical (unpaired) electrons. The molecule has 18 heavy (non-hydrogen) atoms. The molecule has 4 nitrogen and oxygen atoms in total. The lowest BCUT2D eigenvalue weighted by atomic mass is 9.95. The van der Waals surface area contributed by atoms with Gasteiger partial charge in [-0.25, -0.2) is 0 Å². The number of carbonyl (C=O) groups is 1. The average Bonchev–Trinajstić information content (AvgIpc) is 2.45. The summed E-state index contributed by atoms with van der Waals surface area (Å²) in [4.78, 5) is 12.5. The maximum atomic E-state index is 10.6. The fraction of sp³-hybridized carbons (Fsp3) is 0.929. The van der Waals surface area contributed by atoms with Crippen molar-refractivity contribution in [3.8, 4) is 0 Å². The molecule has 0 aromatic heterocycles. The molecule has 2 aliphatic rings. The SMILES string of the molecule is O=CN1CCC(COCCC2CCNCC2)CC1. The predicted octanol–water partition coefficient (Wildman–Crippen LogP) is 1.26. The summed E-state index contributed by atoms with van der Waals surface area (Å²) >= 11 is 0. The molecule has 2 fully saturated rings. The molecule has 1 amide bonds. The van der Waals surface area contributed by atoms with E-state index in [1.54, 1.807) is 0 Å². The summed E-state index contributed by atoms with van der Waals surface area (Å²) in [5.41, 5.74) is 0. The third-order valence-electron chi connectivity index (χ3n) is 4.28. The van der Waals surface area contributed by atoms with E-state index in [1.165, 1.54) is 32.4 Å². The number of rotatable bonds is 6. The highest BCUT2D eigenvalue weighted by molar-refractivity contribution is 5.47.